The summed E-state index contributed by atoms with van der Waals surface area (Å²) in [5, 5.41) is 3.66. The van der Waals surface area contributed by atoms with Gasteiger partial charge in [0.15, 0.2) is 0 Å². The smallest absolute Gasteiger partial charge is 0.747 e. The van der Waals surface area contributed by atoms with Crippen molar-refractivity contribution in [1.29, 1.82) is 0 Å². The summed E-state index contributed by atoms with van der Waals surface area (Å²) < 4.78 is 202. The van der Waals surface area contributed by atoms with Crippen molar-refractivity contribution in [3.05, 3.63) is 255 Å². The topological polar surface area (TPSA) is 421 Å². The molecule has 107 heavy (non-hydrogen) atoms. The second-order valence-corrected chi connectivity index (χ2v) is 31.4. The summed E-state index contributed by atoms with van der Waals surface area (Å²) in [4.78, 5) is 25.5. The van der Waals surface area contributed by atoms with E-state index in [2.05, 4.69) is 29.9 Å². The van der Waals surface area contributed by atoms with Gasteiger partial charge in [-0.2, -0.15) is 0 Å². The van der Waals surface area contributed by atoms with Crippen LogP contribution in [-0.4, -0.2) is 113 Å². The Morgan fingerprint density at radius 1 is 0.262 bits per heavy atom. The quantitative estimate of drug-likeness (QED) is 0.0843. The van der Waals surface area contributed by atoms with E-state index in [-0.39, 0.29) is 169 Å². The fourth-order valence-electron chi connectivity index (χ4n) is 12.0. The fourth-order valence-corrected chi connectivity index (χ4v) is 15.0. The van der Waals surface area contributed by atoms with Gasteiger partial charge < -0.3 is 27.3 Å². The Balaban J connectivity index is 0.000000198. The second kappa shape index (κ2) is 34.6. The molecular weight excluding hydrogens is 1620 g/mol. The maximum absolute atomic E-state index is 11.3. The predicted octanol–water partition coefficient (Wildman–Crippen LogP) is -0.525. The van der Waals surface area contributed by atoms with E-state index in [4.69, 9.17) is 0 Å². The zero-order valence-corrected chi connectivity index (χ0v) is 70.9. The normalized spacial score (nSPS) is 13.1. The molecule has 0 fully saturated rings. The molecule has 14 aromatic rings. The van der Waals surface area contributed by atoms with E-state index in [1.165, 1.54) is 66.7 Å². The van der Waals surface area contributed by atoms with Crippen LogP contribution in [-0.2, 0) is 80.2 Å². The third-order valence-electron chi connectivity index (χ3n) is 16.9. The molecule has 0 aliphatic heterocycles. The summed E-state index contributed by atoms with van der Waals surface area (Å²) in [5.41, 5.74) is 12.9. The molecule has 0 saturated heterocycles. The van der Waals surface area contributed by atoms with Gasteiger partial charge in [-0.3, -0.25) is 29.9 Å². The molecule has 6 heterocycles. The fraction of sp³-hybridized carbons (Fsp3) is 0.0278. The second-order valence-electron chi connectivity index (χ2n) is 22.9. The molecule has 35 heteroatoms. The van der Waals surface area contributed by atoms with Crippen molar-refractivity contribution in [2.45, 2.75) is 36.1 Å². The van der Waals surface area contributed by atoms with Crippen LogP contribution < -0.4 is 118 Å². The van der Waals surface area contributed by atoms with Crippen LogP contribution in [0.5, 0.6) is 0 Å². The van der Waals surface area contributed by atoms with Crippen molar-refractivity contribution < 1.29 is 216 Å². The van der Waals surface area contributed by atoms with Gasteiger partial charge in [0, 0.05) is 69.5 Å². The Labute approximate surface area is 714 Å². The van der Waals surface area contributed by atoms with Crippen LogP contribution >= 0.6 is 0 Å². The Kier molecular flexibility index (Phi) is 27.9. The van der Waals surface area contributed by atoms with Crippen molar-refractivity contribution in [1.82, 2.24) is 29.9 Å². The monoisotopic (exact) mass is 1670 g/mol. The number of nitrogens with zero attached hydrogens (tertiary/aromatic N) is 6. The van der Waals surface area contributed by atoms with Crippen molar-refractivity contribution in [3.8, 4) is 55.6 Å². The summed E-state index contributed by atoms with van der Waals surface area (Å²) in [7, 11) is -27.1. The van der Waals surface area contributed by atoms with Crippen molar-refractivity contribution in [2.75, 3.05) is 0 Å². The molecule has 8 aromatic carbocycles. The Morgan fingerprint density at radius 3 is 0.617 bits per heavy atom. The first-order valence-corrected chi connectivity index (χ1v) is 38.5. The Bertz CT molecular complexity index is 6050. The van der Waals surface area contributed by atoms with E-state index >= 15 is 0 Å². The molecule has 0 spiro atoms. The van der Waals surface area contributed by atoms with Gasteiger partial charge >= 0.3 is 138 Å². The summed E-state index contributed by atoms with van der Waals surface area (Å²) in [5.74, 6) is 0. The molecule has 518 valence electrons. The minimum atomic E-state index is -4.54. The molecule has 0 radical (unpaired) electrons. The molecule has 0 saturated carbocycles. The van der Waals surface area contributed by atoms with Crippen LogP contribution in [0.1, 0.15) is 12.0 Å². The Hall–Kier alpha value is -6.22. The molecule has 15 rings (SSSR count). The molecule has 1 unspecified atom stereocenters. The third kappa shape index (κ3) is 18.9. The molecular formula is C72H44N6Na4O18RuS6. The maximum atomic E-state index is 11.3. The minimum Gasteiger partial charge on any atom is -0.747 e. The number of aromatic nitrogens is 6. The predicted molar refractivity (Wildman–Crippen MR) is 373 cm³/mol. The van der Waals surface area contributed by atoms with Crippen LogP contribution in [0.4, 0.5) is 0 Å². The number of fused-ring (bicyclic) bond motifs is 9. The van der Waals surface area contributed by atoms with Gasteiger partial charge in [0.05, 0.1) is 62.8 Å². The van der Waals surface area contributed by atoms with Gasteiger partial charge in [-0.05, 0) is 170 Å². The zero-order valence-electron chi connectivity index (χ0n) is 56.3. The van der Waals surface area contributed by atoms with E-state index in [0.29, 0.717) is 55.4 Å². The van der Waals surface area contributed by atoms with Gasteiger partial charge in [-0.1, -0.05) is 115 Å². The van der Waals surface area contributed by atoms with Crippen molar-refractivity contribution in [2.24, 2.45) is 0 Å². The Morgan fingerprint density at radius 2 is 0.449 bits per heavy atom. The van der Waals surface area contributed by atoms with Crippen LogP contribution in [0, 0.1) is 0 Å². The number of allylic oxidation sites excluding steroid dienone is 3. The average molecular weight is 1670 g/mol. The number of rotatable bonds is 12. The minimum absolute atomic E-state index is 0. The van der Waals surface area contributed by atoms with Gasteiger partial charge in [0.25, 0.3) is 0 Å². The van der Waals surface area contributed by atoms with Crippen LogP contribution in [0.3, 0.4) is 0 Å². The van der Waals surface area contributed by atoms with Gasteiger partial charge in [-0.25, -0.2) is 50.5 Å². The molecule has 1 aliphatic rings. The number of pyridine rings is 6. The van der Waals surface area contributed by atoms with E-state index in [1.807, 2.05) is 42.5 Å². The molecule has 24 nitrogen and oxygen atoms in total. The summed E-state index contributed by atoms with van der Waals surface area (Å²) in [6.45, 7) is 0. The van der Waals surface area contributed by atoms with Crippen LogP contribution in [0.25, 0.3) is 127 Å². The first kappa shape index (κ1) is 86.4. The molecule has 0 amide bonds. The van der Waals surface area contributed by atoms with Crippen molar-refractivity contribution >= 4 is 132 Å². The average Bonchev–Trinajstić information content (AvgIpc) is 0.765. The maximum Gasteiger partial charge on any atom is 2.00 e. The van der Waals surface area contributed by atoms with E-state index in [1.54, 1.807) is 140 Å². The van der Waals surface area contributed by atoms with Crippen LogP contribution in [0.2, 0.25) is 0 Å². The number of benzene rings is 8. The van der Waals surface area contributed by atoms with E-state index in [0.717, 1.165) is 76.8 Å². The van der Waals surface area contributed by atoms with Gasteiger partial charge in [0.2, 0.25) is 0 Å². The standard InChI is InChI=1S/C24H18N2O6S2.2C24H16N2O6S2.4Na.Ru/c3*27-33(28,29)17-5-1-15(2-6-17)19-11-13-25-23-21(19)9-10-22-20(12-14-26-24(22)23)16-3-7-18(8-4-16)34(30,31)32;;;;;/h1-7,9-14,18H,8H2,(H,27,28,29)(H,30,31,32);2*1-14H,(H,27,28,29)(H,30,31,32);;;;;/q;;;4*+1;+2/p-6. The first-order valence-electron chi connectivity index (χ1n) is 30.0. The van der Waals surface area contributed by atoms with Crippen molar-refractivity contribution in [3.63, 3.8) is 0 Å². The summed E-state index contributed by atoms with van der Waals surface area (Å²) >= 11 is 0. The van der Waals surface area contributed by atoms with Gasteiger partial charge in [0.1, 0.15) is 60.7 Å². The summed E-state index contributed by atoms with van der Waals surface area (Å²) in [6.07, 6.45) is 14.6. The molecule has 1 aliphatic carbocycles. The van der Waals surface area contributed by atoms with Crippen LogP contribution in [0.15, 0.2) is 274 Å². The van der Waals surface area contributed by atoms with E-state index < -0.39 is 66.0 Å². The largest absolute Gasteiger partial charge is 2.00 e. The zero-order chi connectivity index (χ0) is 72.3. The molecule has 0 N–H and O–H groups in total. The first-order chi connectivity index (χ1) is 48.4. The number of hydrogen-bond acceptors (Lipinski definition) is 24. The number of hydrogen-bond donors (Lipinski definition) is 0. The summed E-state index contributed by atoms with van der Waals surface area (Å²) in [6, 6.07) is 50.5. The molecule has 0 bridgehead atoms. The molecule has 6 aromatic heterocycles. The van der Waals surface area contributed by atoms with Gasteiger partial charge in [-0.15, -0.1) is 0 Å². The third-order valence-corrected chi connectivity index (χ3v) is 22.2. The SMILES string of the molecule is O=S(=O)([O-])c1ccc(-c2ccnc3c2ccc2c(-c4ccc(S(=O)(=O)[O-])cc4)ccnc23)cc1.O=S(=O)([O-])c1ccc(-c2ccnc3c2ccc2c(-c4ccc(S(=O)(=O)[O-])cc4)ccnc23)cc1.O=S(=O)([O-])c1ccc(-c2ccnc3c2ccc2c(C4=CCC(S(=O)(=O)[O-])C=C4)ccnc23)cc1.[Na+].[Na+].[Na+].[Na+].[Ru+2]. The molecule has 1 atom stereocenters. The van der Waals surface area contributed by atoms with E-state index in [9.17, 15) is 77.8 Å².